The summed E-state index contributed by atoms with van der Waals surface area (Å²) in [7, 11) is 0. The van der Waals surface area contributed by atoms with Crippen LogP contribution in [0.3, 0.4) is 0 Å². The fourth-order valence-electron chi connectivity index (χ4n) is 4.29. The van der Waals surface area contributed by atoms with E-state index >= 15 is 0 Å². The van der Waals surface area contributed by atoms with Crippen molar-refractivity contribution in [3.05, 3.63) is 71.8 Å². The summed E-state index contributed by atoms with van der Waals surface area (Å²) < 4.78 is 12.0. The molecule has 146 valence electrons. The lowest BCUT2D eigenvalue weighted by Gasteiger charge is -2.29. The maximum Gasteiger partial charge on any atom is 0.0991 e. The van der Waals surface area contributed by atoms with Gasteiger partial charge in [0.25, 0.3) is 0 Å². The molecule has 2 heteroatoms. The molecule has 0 amide bonds. The van der Waals surface area contributed by atoms with Crippen LogP contribution < -0.4 is 0 Å². The summed E-state index contributed by atoms with van der Waals surface area (Å²) in [5.74, 6) is 1.56. The van der Waals surface area contributed by atoms with Crippen LogP contribution >= 0.6 is 0 Å². The number of rotatable bonds is 8. The molecule has 1 saturated carbocycles. The molecule has 0 radical (unpaired) electrons. The van der Waals surface area contributed by atoms with Gasteiger partial charge in [-0.3, -0.25) is 4.39 Å². The van der Waals surface area contributed by atoms with E-state index in [1.807, 2.05) is 30.3 Å². The number of nitrogens with zero attached hydrogens (tertiary/aromatic N) is 1. The third-order valence-corrected chi connectivity index (χ3v) is 6.00. The molecule has 0 aliphatic heterocycles. The first-order valence-corrected chi connectivity index (χ1v) is 10.6. The van der Waals surface area contributed by atoms with Gasteiger partial charge in [-0.1, -0.05) is 55.0 Å². The number of benzene rings is 2. The molecule has 0 heterocycles. The van der Waals surface area contributed by atoms with E-state index in [2.05, 4.69) is 36.4 Å². The number of allylic oxidation sites excluding steroid dienone is 2. The Bertz CT molecular complexity index is 775. The molecule has 1 aliphatic rings. The Labute approximate surface area is 168 Å². The van der Waals surface area contributed by atoms with Crippen molar-refractivity contribution >= 4 is 0 Å². The highest BCUT2D eigenvalue weighted by molar-refractivity contribution is 5.64. The number of hydrogen-bond acceptors (Lipinski definition) is 1. The van der Waals surface area contributed by atoms with Gasteiger partial charge in [0.2, 0.25) is 0 Å². The highest BCUT2D eigenvalue weighted by Gasteiger charge is 2.21. The Hall–Kier alpha value is -2.40. The van der Waals surface area contributed by atoms with Crippen LogP contribution in [0.2, 0.25) is 0 Å². The molecule has 0 aromatic heterocycles. The lowest BCUT2D eigenvalue weighted by molar-refractivity contribution is 0.305. The highest BCUT2D eigenvalue weighted by atomic mass is 19.1. The molecule has 0 atom stereocenters. The fourth-order valence-corrected chi connectivity index (χ4v) is 4.29. The maximum absolute atomic E-state index is 12.0. The summed E-state index contributed by atoms with van der Waals surface area (Å²) in [5, 5.41) is 8.92. The standard InChI is InChI=1S/C26H30FN/c27-19-5-3-1-2-4-6-21-7-11-23(12-8-21)25-15-17-26(18-16-25)24-13-9-22(20-28)10-14-24/h1,3,9-10,13-18,21,23H,2,4-8,11-12,19H2. The molecule has 0 spiro atoms. The van der Waals surface area contributed by atoms with Crippen molar-refractivity contribution in [3.8, 4) is 17.2 Å². The number of unbranched alkanes of at least 4 members (excludes halogenated alkanes) is 1. The Morgan fingerprint density at radius 2 is 1.46 bits per heavy atom. The van der Waals surface area contributed by atoms with E-state index in [1.165, 1.54) is 49.7 Å². The summed E-state index contributed by atoms with van der Waals surface area (Å²) in [6.07, 6.45) is 13.6. The van der Waals surface area contributed by atoms with E-state index in [4.69, 9.17) is 5.26 Å². The molecule has 2 aromatic carbocycles. The van der Waals surface area contributed by atoms with E-state index < -0.39 is 0 Å². The predicted molar refractivity (Wildman–Crippen MR) is 115 cm³/mol. The van der Waals surface area contributed by atoms with Crippen molar-refractivity contribution in [1.29, 1.82) is 5.26 Å². The SMILES string of the molecule is N#Cc1ccc(-c2ccc(C3CCC(CCCC=CCCF)CC3)cc2)cc1. The first-order valence-electron chi connectivity index (χ1n) is 10.6. The van der Waals surface area contributed by atoms with Crippen LogP contribution in [-0.2, 0) is 0 Å². The minimum atomic E-state index is -0.241. The summed E-state index contributed by atoms with van der Waals surface area (Å²) >= 11 is 0. The number of nitriles is 1. The van der Waals surface area contributed by atoms with Crippen LogP contribution in [0.5, 0.6) is 0 Å². The summed E-state index contributed by atoms with van der Waals surface area (Å²) in [4.78, 5) is 0. The summed E-state index contributed by atoms with van der Waals surface area (Å²) in [6.45, 7) is -0.241. The van der Waals surface area contributed by atoms with E-state index in [0.717, 1.165) is 17.9 Å². The monoisotopic (exact) mass is 375 g/mol. The smallest absolute Gasteiger partial charge is 0.0991 e. The second-order valence-corrected chi connectivity index (χ2v) is 7.91. The van der Waals surface area contributed by atoms with Crippen molar-refractivity contribution in [2.75, 3.05) is 6.67 Å². The number of halogens is 1. The van der Waals surface area contributed by atoms with Gasteiger partial charge in [-0.25, -0.2) is 0 Å². The van der Waals surface area contributed by atoms with Gasteiger partial charge in [0.15, 0.2) is 0 Å². The molecular formula is C26H30FN. The zero-order valence-corrected chi connectivity index (χ0v) is 16.6. The van der Waals surface area contributed by atoms with Gasteiger partial charge in [-0.15, -0.1) is 0 Å². The van der Waals surface area contributed by atoms with Gasteiger partial charge in [0.05, 0.1) is 18.3 Å². The zero-order chi connectivity index (χ0) is 19.6. The molecule has 1 aliphatic carbocycles. The molecular weight excluding hydrogens is 345 g/mol. The molecule has 2 aromatic rings. The lowest BCUT2D eigenvalue weighted by Crippen LogP contribution is -2.13. The average Bonchev–Trinajstić information content (AvgIpc) is 2.77. The van der Waals surface area contributed by atoms with Crippen LogP contribution in [0, 0.1) is 17.2 Å². The van der Waals surface area contributed by atoms with Crippen LogP contribution in [0.4, 0.5) is 4.39 Å². The van der Waals surface area contributed by atoms with Crippen molar-refractivity contribution < 1.29 is 4.39 Å². The third kappa shape index (κ3) is 5.80. The van der Waals surface area contributed by atoms with Gasteiger partial charge in [0, 0.05) is 0 Å². The molecule has 28 heavy (non-hydrogen) atoms. The molecule has 0 saturated heterocycles. The molecule has 0 N–H and O–H groups in total. The average molecular weight is 376 g/mol. The number of hydrogen-bond donors (Lipinski definition) is 0. The van der Waals surface area contributed by atoms with E-state index in [0.29, 0.717) is 17.9 Å². The first kappa shape index (κ1) is 20.3. The van der Waals surface area contributed by atoms with Crippen LogP contribution in [-0.4, -0.2) is 6.67 Å². The topological polar surface area (TPSA) is 23.8 Å². The van der Waals surface area contributed by atoms with Gasteiger partial charge in [-0.05, 0) is 85.6 Å². The maximum atomic E-state index is 12.0. The Morgan fingerprint density at radius 1 is 0.857 bits per heavy atom. The van der Waals surface area contributed by atoms with E-state index in [9.17, 15) is 4.39 Å². The van der Waals surface area contributed by atoms with Crippen molar-refractivity contribution in [2.24, 2.45) is 5.92 Å². The minimum absolute atomic E-state index is 0.241. The van der Waals surface area contributed by atoms with Crippen molar-refractivity contribution in [2.45, 2.75) is 57.3 Å². The zero-order valence-electron chi connectivity index (χ0n) is 16.6. The second kappa shape index (κ2) is 10.8. The predicted octanol–water partition coefficient (Wildman–Crippen LogP) is 7.59. The molecule has 0 unspecified atom stereocenters. The number of alkyl halides is 1. The van der Waals surface area contributed by atoms with Gasteiger partial charge in [0.1, 0.15) is 0 Å². The normalized spacial score (nSPS) is 19.6. The highest BCUT2D eigenvalue weighted by Crippen LogP contribution is 2.38. The van der Waals surface area contributed by atoms with E-state index in [1.54, 1.807) is 0 Å². The third-order valence-electron chi connectivity index (χ3n) is 6.00. The first-order chi connectivity index (χ1) is 13.8. The second-order valence-electron chi connectivity index (χ2n) is 7.91. The van der Waals surface area contributed by atoms with E-state index in [-0.39, 0.29) is 6.67 Å². The fraction of sp³-hybridized carbons (Fsp3) is 0.423. The minimum Gasteiger partial charge on any atom is -0.251 e. The lowest BCUT2D eigenvalue weighted by atomic mass is 9.77. The van der Waals surface area contributed by atoms with Crippen LogP contribution in [0.1, 0.15) is 68.4 Å². The molecule has 0 bridgehead atoms. The Balaban J connectivity index is 1.46. The quantitative estimate of drug-likeness (QED) is 0.344. The van der Waals surface area contributed by atoms with Gasteiger partial charge >= 0.3 is 0 Å². The molecule has 1 nitrogen and oxygen atoms in total. The molecule has 3 rings (SSSR count). The van der Waals surface area contributed by atoms with Gasteiger partial charge < -0.3 is 0 Å². The van der Waals surface area contributed by atoms with Crippen molar-refractivity contribution in [3.63, 3.8) is 0 Å². The molecule has 1 fully saturated rings. The van der Waals surface area contributed by atoms with Gasteiger partial charge in [-0.2, -0.15) is 5.26 Å². The summed E-state index contributed by atoms with van der Waals surface area (Å²) in [6, 6.07) is 19.0. The van der Waals surface area contributed by atoms with Crippen LogP contribution in [0.25, 0.3) is 11.1 Å². The summed E-state index contributed by atoms with van der Waals surface area (Å²) in [5.41, 5.74) is 4.54. The van der Waals surface area contributed by atoms with Crippen molar-refractivity contribution in [1.82, 2.24) is 0 Å². The Kier molecular flexibility index (Phi) is 7.85. The van der Waals surface area contributed by atoms with Crippen LogP contribution in [0.15, 0.2) is 60.7 Å². The Morgan fingerprint density at radius 3 is 2.07 bits per heavy atom. The largest absolute Gasteiger partial charge is 0.251 e.